The normalized spacial score (nSPS) is 14.6. The van der Waals surface area contributed by atoms with Crippen molar-refractivity contribution in [1.29, 1.82) is 0 Å². The minimum absolute atomic E-state index is 0. The monoisotopic (exact) mass is 358 g/mol. The van der Waals surface area contributed by atoms with E-state index in [0.717, 1.165) is 50.9 Å². The number of rotatable bonds is 6. The van der Waals surface area contributed by atoms with Crippen molar-refractivity contribution in [3.8, 4) is 0 Å². The predicted octanol–water partition coefficient (Wildman–Crippen LogP) is 4.22. The molecule has 0 aromatic heterocycles. The first-order valence-electron chi connectivity index (χ1n) is 8.96. The highest BCUT2D eigenvalue weighted by molar-refractivity contribution is 5.92. The first-order chi connectivity index (χ1) is 11.8. The zero-order valence-electron chi connectivity index (χ0n) is 14.5. The van der Waals surface area contributed by atoms with Crippen LogP contribution >= 0.6 is 12.4 Å². The predicted molar refractivity (Wildman–Crippen MR) is 106 cm³/mol. The summed E-state index contributed by atoms with van der Waals surface area (Å²) >= 11 is 0. The average molecular weight is 359 g/mol. The van der Waals surface area contributed by atoms with Crippen molar-refractivity contribution < 1.29 is 4.79 Å². The van der Waals surface area contributed by atoms with E-state index in [-0.39, 0.29) is 24.2 Å². The number of aryl methyl sites for hydroxylation is 2. The maximum Gasteiger partial charge on any atom is 0.227 e. The smallest absolute Gasteiger partial charge is 0.227 e. The summed E-state index contributed by atoms with van der Waals surface area (Å²) in [5.41, 5.74) is 3.60. The van der Waals surface area contributed by atoms with Gasteiger partial charge in [-0.05, 0) is 68.5 Å². The molecule has 1 saturated heterocycles. The van der Waals surface area contributed by atoms with E-state index >= 15 is 0 Å². The van der Waals surface area contributed by atoms with Crippen LogP contribution in [0.4, 0.5) is 5.69 Å². The number of benzene rings is 2. The van der Waals surface area contributed by atoms with Gasteiger partial charge in [-0.3, -0.25) is 4.79 Å². The Bertz CT molecular complexity index is 654. The Balaban J connectivity index is 0.00000225. The second kappa shape index (κ2) is 10.2. The second-order valence-electron chi connectivity index (χ2n) is 6.55. The third-order valence-electron chi connectivity index (χ3n) is 4.68. The molecule has 0 bridgehead atoms. The zero-order chi connectivity index (χ0) is 16.6. The number of carbonyl (C=O) groups excluding carboxylic acids is 1. The maximum absolute atomic E-state index is 12.3. The number of nitrogens with one attached hydrogen (secondary N) is 2. The van der Waals surface area contributed by atoms with E-state index in [4.69, 9.17) is 0 Å². The number of anilines is 1. The highest BCUT2D eigenvalue weighted by Gasteiger charge is 2.20. The van der Waals surface area contributed by atoms with Crippen LogP contribution in [0.25, 0.3) is 0 Å². The van der Waals surface area contributed by atoms with E-state index < -0.39 is 0 Å². The highest BCUT2D eigenvalue weighted by Crippen LogP contribution is 2.18. The van der Waals surface area contributed by atoms with Crippen LogP contribution < -0.4 is 10.6 Å². The zero-order valence-corrected chi connectivity index (χ0v) is 15.4. The molecule has 1 fully saturated rings. The molecule has 0 atom stereocenters. The van der Waals surface area contributed by atoms with Crippen LogP contribution in [0.3, 0.4) is 0 Å². The Morgan fingerprint density at radius 2 is 1.64 bits per heavy atom. The first-order valence-corrected chi connectivity index (χ1v) is 8.96. The summed E-state index contributed by atoms with van der Waals surface area (Å²) in [5, 5.41) is 6.39. The maximum atomic E-state index is 12.3. The summed E-state index contributed by atoms with van der Waals surface area (Å²) in [5.74, 6) is 0.311. The van der Waals surface area contributed by atoms with Gasteiger partial charge in [0.05, 0.1) is 0 Å². The van der Waals surface area contributed by atoms with Crippen molar-refractivity contribution in [3.63, 3.8) is 0 Å². The molecule has 2 aromatic carbocycles. The van der Waals surface area contributed by atoms with Crippen LogP contribution in [-0.4, -0.2) is 19.0 Å². The molecule has 2 N–H and O–H groups in total. The lowest BCUT2D eigenvalue weighted by Gasteiger charge is -2.21. The molecule has 134 valence electrons. The Hall–Kier alpha value is -1.84. The largest absolute Gasteiger partial charge is 0.326 e. The molecule has 4 heteroatoms. The van der Waals surface area contributed by atoms with Crippen LogP contribution in [0.2, 0.25) is 0 Å². The fourth-order valence-corrected chi connectivity index (χ4v) is 3.27. The minimum atomic E-state index is 0. The lowest BCUT2D eigenvalue weighted by molar-refractivity contribution is -0.120. The number of hydrogen-bond donors (Lipinski definition) is 2. The fraction of sp³-hybridized carbons (Fsp3) is 0.381. The topological polar surface area (TPSA) is 41.1 Å². The standard InChI is InChI=1S/C21H26N2O.ClH/c24-21(19-12-14-22-15-13-19)23-20-11-5-10-18(16-20)9-4-8-17-6-2-1-3-7-17;/h1-3,5-7,10-11,16,19,22H,4,8-9,12-15H2,(H,23,24);1H. The first kappa shape index (κ1) is 19.5. The van der Waals surface area contributed by atoms with E-state index in [1.165, 1.54) is 11.1 Å². The molecule has 0 saturated carbocycles. The summed E-state index contributed by atoms with van der Waals surface area (Å²) < 4.78 is 0. The molecule has 2 aromatic rings. The number of hydrogen-bond acceptors (Lipinski definition) is 2. The molecule has 1 aliphatic heterocycles. The Morgan fingerprint density at radius 3 is 2.40 bits per heavy atom. The van der Waals surface area contributed by atoms with Gasteiger partial charge in [-0.15, -0.1) is 12.4 Å². The van der Waals surface area contributed by atoms with Crippen molar-refractivity contribution in [2.75, 3.05) is 18.4 Å². The molecular weight excluding hydrogens is 332 g/mol. The highest BCUT2D eigenvalue weighted by atomic mass is 35.5. The van der Waals surface area contributed by atoms with E-state index in [1.54, 1.807) is 0 Å². The fourth-order valence-electron chi connectivity index (χ4n) is 3.27. The number of amides is 1. The Morgan fingerprint density at radius 1 is 0.960 bits per heavy atom. The van der Waals surface area contributed by atoms with E-state index in [0.29, 0.717) is 0 Å². The van der Waals surface area contributed by atoms with E-state index in [2.05, 4.69) is 53.1 Å². The van der Waals surface area contributed by atoms with Gasteiger partial charge in [0.15, 0.2) is 0 Å². The summed E-state index contributed by atoms with van der Waals surface area (Å²) in [6.07, 6.45) is 5.11. The van der Waals surface area contributed by atoms with Crippen LogP contribution in [0.15, 0.2) is 54.6 Å². The molecule has 25 heavy (non-hydrogen) atoms. The van der Waals surface area contributed by atoms with Crippen LogP contribution in [0.1, 0.15) is 30.4 Å². The van der Waals surface area contributed by atoms with Gasteiger partial charge in [-0.1, -0.05) is 42.5 Å². The van der Waals surface area contributed by atoms with Crippen LogP contribution in [0.5, 0.6) is 0 Å². The summed E-state index contributed by atoms with van der Waals surface area (Å²) in [4.78, 5) is 12.3. The molecule has 0 aliphatic carbocycles. The molecule has 0 spiro atoms. The average Bonchev–Trinajstić information content (AvgIpc) is 2.64. The van der Waals surface area contributed by atoms with E-state index in [9.17, 15) is 4.79 Å². The molecule has 1 aliphatic rings. The quantitative estimate of drug-likeness (QED) is 0.811. The number of piperidine rings is 1. The van der Waals surface area contributed by atoms with Gasteiger partial charge >= 0.3 is 0 Å². The van der Waals surface area contributed by atoms with Gasteiger partial charge < -0.3 is 10.6 Å². The molecule has 1 heterocycles. The second-order valence-corrected chi connectivity index (χ2v) is 6.55. The Kier molecular flexibility index (Phi) is 7.96. The van der Waals surface area contributed by atoms with Gasteiger partial charge in [-0.25, -0.2) is 0 Å². The van der Waals surface area contributed by atoms with Crippen molar-refractivity contribution >= 4 is 24.0 Å². The summed E-state index contributed by atoms with van der Waals surface area (Å²) in [6, 6.07) is 18.9. The molecule has 3 nitrogen and oxygen atoms in total. The van der Waals surface area contributed by atoms with E-state index in [1.807, 2.05) is 12.1 Å². The van der Waals surface area contributed by atoms with Crippen molar-refractivity contribution in [2.45, 2.75) is 32.1 Å². The number of halogens is 1. The van der Waals surface area contributed by atoms with Crippen molar-refractivity contribution in [3.05, 3.63) is 65.7 Å². The van der Waals surface area contributed by atoms with Gasteiger partial charge in [-0.2, -0.15) is 0 Å². The minimum Gasteiger partial charge on any atom is -0.326 e. The third kappa shape index (κ3) is 6.18. The molecular formula is C21H27ClN2O. The van der Waals surface area contributed by atoms with Gasteiger partial charge in [0.2, 0.25) is 5.91 Å². The SMILES string of the molecule is Cl.O=C(Nc1cccc(CCCc2ccccc2)c1)C1CCNCC1. The summed E-state index contributed by atoms with van der Waals surface area (Å²) in [7, 11) is 0. The third-order valence-corrected chi connectivity index (χ3v) is 4.68. The van der Waals surface area contributed by atoms with Gasteiger partial charge in [0.1, 0.15) is 0 Å². The molecule has 1 amide bonds. The summed E-state index contributed by atoms with van der Waals surface area (Å²) in [6.45, 7) is 1.88. The van der Waals surface area contributed by atoms with Crippen LogP contribution in [-0.2, 0) is 17.6 Å². The molecule has 0 radical (unpaired) electrons. The molecule has 0 unspecified atom stereocenters. The van der Waals surface area contributed by atoms with Crippen LogP contribution in [0, 0.1) is 5.92 Å². The van der Waals surface area contributed by atoms with Crippen molar-refractivity contribution in [2.24, 2.45) is 5.92 Å². The number of carbonyl (C=O) groups is 1. The van der Waals surface area contributed by atoms with Crippen molar-refractivity contribution in [1.82, 2.24) is 5.32 Å². The van der Waals surface area contributed by atoms with Gasteiger partial charge in [0.25, 0.3) is 0 Å². The molecule has 3 rings (SSSR count). The van der Waals surface area contributed by atoms with Gasteiger partial charge in [0, 0.05) is 11.6 Å². The lowest BCUT2D eigenvalue weighted by Crippen LogP contribution is -2.34. The Labute approximate surface area is 156 Å². The lowest BCUT2D eigenvalue weighted by atomic mass is 9.97.